The van der Waals surface area contributed by atoms with E-state index in [2.05, 4.69) is 4.98 Å². The summed E-state index contributed by atoms with van der Waals surface area (Å²) in [4.78, 5) is 13.5. The van der Waals surface area contributed by atoms with Crippen LogP contribution < -0.4 is 0 Å². The summed E-state index contributed by atoms with van der Waals surface area (Å²) >= 11 is 0. The number of hydrogen-bond donors (Lipinski definition) is 0. The van der Waals surface area contributed by atoms with Gasteiger partial charge >= 0.3 is 0 Å². The van der Waals surface area contributed by atoms with Crippen molar-refractivity contribution < 1.29 is 18.1 Å². The fourth-order valence-corrected chi connectivity index (χ4v) is 1.56. The maximum atomic E-state index is 12.9. The lowest BCUT2D eigenvalue weighted by Crippen LogP contribution is -2.05. The number of hydrogen-bond acceptors (Lipinski definition) is 3. The molecule has 8 heteroatoms. The normalized spacial score (nSPS) is 10.4. The Balaban J connectivity index is 0.000000861. The van der Waals surface area contributed by atoms with Gasteiger partial charge < -0.3 is 4.57 Å². The molecule has 0 amide bonds. The van der Waals surface area contributed by atoms with Crippen molar-refractivity contribution in [1.29, 1.82) is 0 Å². The number of nitro groups is 1. The molecule has 0 spiro atoms. The Morgan fingerprint density at radius 2 is 2.11 bits per heavy atom. The molecular formula is C11H12F3N3O2. The summed E-state index contributed by atoms with van der Waals surface area (Å²) in [6.45, 7) is 3.28. The molecule has 0 radical (unpaired) electrons. The summed E-state index contributed by atoms with van der Waals surface area (Å²) in [5.41, 5.74) is -0.467. The molecule has 2 aromatic rings. The summed E-state index contributed by atoms with van der Waals surface area (Å²) < 4.78 is 38.3. The minimum Gasteiger partial charge on any atom is -0.320 e. The highest BCUT2D eigenvalue weighted by Crippen LogP contribution is 2.27. The average Bonchev–Trinajstić information content (AvgIpc) is 2.69. The standard InChI is InChI=1S/C9H6F3N3O2.C2H6/c10-5-1-6-7(15(16)17)3-14(4-8(11)12)9(6)13-2-5;1-2/h1-3,8H,4H2;1-2H3. The molecule has 0 aromatic carbocycles. The van der Waals surface area contributed by atoms with Crippen molar-refractivity contribution in [3.05, 3.63) is 34.4 Å². The van der Waals surface area contributed by atoms with Crippen LogP contribution in [0.25, 0.3) is 11.0 Å². The lowest BCUT2D eigenvalue weighted by molar-refractivity contribution is -0.383. The average molecular weight is 275 g/mol. The fourth-order valence-electron chi connectivity index (χ4n) is 1.56. The fraction of sp³-hybridized carbons (Fsp3) is 0.364. The number of aromatic nitrogens is 2. The van der Waals surface area contributed by atoms with Crippen molar-refractivity contribution >= 4 is 16.7 Å². The van der Waals surface area contributed by atoms with Crippen molar-refractivity contribution in [2.75, 3.05) is 0 Å². The molecule has 0 aliphatic carbocycles. The first-order chi connectivity index (χ1) is 8.99. The van der Waals surface area contributed by atoms with Crippen molar-refractivity contribution in [2.45, 2.75) is 26.8 Å². The van der Waals surface area contributed by atoms with Gasteiger partial charge in [0.2, 0.25) is 0 Å². The molecule has 0 unspecified atom stereocenters. The Morgan fingerprint density at radius 3 is 2.63 bits per heavy atom. The van der Waals surface area contributed by atoms with Crippen LogP contribution in [0.2, 0.25) is 0 Å². The topological polar surface area (TPSA) is 61.0 Å². The molecule has 0 fully saturated rings. The van der Waals surface area contributed by atoms with Crippen molar-refractivity contribution in [3.8, 4) is 0 Å². The summed E-state index contributed by atoms with van der Waals surface area (Å²) in [7, 11) is 0. The first kappa shape index (κ1) is 14.9. The predicted molar refractivity (Wildman–Crippen MR) is 63.7 cm³/mol. The molecule has 2 rings (SSSR count). The predicted octanol–water partition coefficient (Wildman–Crippen LogP) is 3.37. The molecule has 104 valence electrons. The van der Waals surface area contributed by atoms with Gasteiger partial charge in [0, 0.05) is 0 Å². The van der Waals surface area contributed by atoms with Gasteiger partial charge in [0.05, 0.1) is 29.2 Å². The van der Waals surface area contributed by atoms with Gasteiger partial charge in [0.15, 0.2) is 0 Å². The first-order valence-electron chi connectivity index (χ1n) is 5.56. The number of nitrogens with zero attached hydrogens (tertiary/aromatic N) is 3. The lowest BCUT2D eigenvalue weighted by atomic mass is 10.3. The van der Waals surface area contributed by atoms with E-state index in [1.165, 1.54) is 0 Å². The molecule has 0 saturated carbocycles. The highest BCUT2D eigenvalue weighted by molar-refractivity contribution is 5.86. The van der Waals surface area contributed by atoms with Gasteiger partial charge in [-0.15, -0.1) is 0 Å². The second kappa shape index (κ2) is 6.17. The van der Waals surface area contributed by atoms with Crippen LogP contribution in [0, 0.1) is 15.9 Å². The molecule has 2 heterocycles. The van der Waals surface area contributed by atoms with Crippen LogP contribution in [-0.2, 0) is 6.54 Å². The highest BCUT2D eigenvalue weighted by atomic mass is 19.3. The largest absolute Gasteiger partial charge is 0.320 e. The zero-order valence-corrected chi connectivity index (χ0v) is 10.3. The van der Waals surface area contributed by atoms with Gasteiger partial charge in [-0.1, -0.05) is 13.8 Å². The van der Waals surface area contributed by atoms with Crippen LogP contribution >= 0.6 is 0 Å². The van der Waals surface area contributed by atoms with Crippen LogP contribution in [0.1, 0.15) is 13.8 Å². The van der Waals surface area contributed by atoms with Gasteiger partial charge in [0.1, 0.15) is 11.5 Å². The zero-order valence-electron chi connectivity index (χ0n) is 10.3. The lowest BCUT2D eigenvalue weighted by Gasteiger charge is -2.01. The van der Waals surface area contributed by atoms with Gasteiger partial charge in [0.25, 0.3) is 12.1 Å². The Labute approximate surface area is 106 Å². The molecule has 0 atom stereocenters. The summed E-state index contributed by atoms with van der Waals surface area (Å²) in [6.07, 6.45) is -0.908. The summed E-state index contributed by atoms with van der Waals surface area (Å²) in [5, 5.41) is 10.6. The van der Waals surface area contributed by atoms with Crippen LogP contribution in [0.15, 0.2) is 18.5 Å². The number of pyridine rings is 1. The highest BCUT2D eigenvalue weighted by Gasteiger charge is 2.20. The molecule has 0 N–H and O–H groups in total. The smallest absolute Gasteiger partial charge is 0.296 e. The second-order valence-electron chi connectivity index (χ2n) is 3.34. The first-order valence-corrected chi connectivity index (χ1v) is 5.56. The molecular weight excluding hydrogens is 263 g/mol. The Morgan fingerprint density at radius 1 is 1.47 bits per heavy atom. The third kappa shape index (κ3) is 3.21. The van der Waals surface area contributed by atoms with E-state index in [-0.39, 0.29) is 11.0 Å². The summed E-state index contributed by atoms with van der Waals surface area (Å²) in [6, 6.07) is 0.905. The van der Waals surface area contributed by atoms with E-state index in [1.807, 2.05) is 13.8 Å². The Bertz CT molecular complexity index is 584. The van der Waals surface area contributed by atoms with Gasteiger partial charge in [-0.2, -0.15) is 0 Å². The van der Waals surface area contributed by atoms with Crippen LogP contribution in [-0.4, -0.2) is 20.9 Å². The third-order valence-electron chi connectivity index (χ3n) is 2.19. The van der Waals surface area contributed by atoms with E-state index in [4.69, 9.17) is 0 Å². The van der Waals surface area contributed by atoms with Gasteiger partial charge in [-0.05, 0) is 6.07 Å². The van der Waals surface area contributed by atoms with Crippen molar-refractivity contribution in [3.63, 3.8) is 0 Å². The maximum Gasteiger partial charge on any atom is 0.296 e. The molecule has 0 aliphatic rings. The van der Waals surface area contributed by atoms with Gasteiger partial charge in [-0.25, -0.2) is 18.2 Å². The Hall–Kier alpha value is -2.12. The molecule has 5 nitrogen and oxygen atoms in total. The second-order valence-corrected chi connectivity index (χ2v) is 3.34. The summed E-state index contributed by atoms with van der Waals surface area (Å²) in [5.74, 6) is -0.754. The number of alkyl halides is 2. The van der Waals surface area contributed by atoms with Crippen LogP contribution in [0.4, 0.5) is 18.9 Å². The minimum atomic E-state index is -2.67. The quantitative estimate of drug-likeness (QED) is 0.637. The zero-order chi connectivity index (χ0) is 14.6. The molecule has 2 aromatic heterocycles. The van der Waals surface area contributed by atoms with E-state index in [0.717, 1.165) is 23.0 Å². The molecule has 0 aliphatic heterocycles. The molecule has 19 heavy (non-hydrogen) atoms. The Kier molecular flexibility index (Phi) is 4.85. The van der Waals surface area contributed by atoms with E-state index >= 15 is 0 Å². The monoisotopic (exact) mass is 275 g/mol. The minimum absolute atomic E-state index is 0.0293. The number of rotatable bonds is 3. The van der Waals surface area contributed by atoms with E-state index in [0.29, 0.717) is 0 Å². The maximum absolute atomic E-state index is 12.9. The van der Waals surface area contributed by atoms with Crippen LogP contribution in [0.3, 0.4) is 0 Å². The SMILES string of the molecule is CC.O=[N+]([O-])c1cn(CC(F)F)c2ncc(F)cc12. The molecule has 0 saturated heterocycles. The van der Waals surface area contributed by atoms with Crippen molar-refractivity contribution in [1.82, 2.24) is 9.55 Å². The molecule has 0 bridgehead atoms. The van der Waals surface area contributed by atoms with Gasteiger partial charge in [-0.3, -0.25) is 10.1 Å². The van der Waals surface area contributed by atoms with E-state index in [9.17, 15) is 23.3 Å². The third-order valence-corrected chi connectivity index (χ3v) is 2.19. The van der Waals surface area contributed by atoms with Crippen molar-refractivity contribution in [2.24, 2.45) is 0 Å². The van der Waals surface area contributed by atoms with Crippen LogP contribution in [0.5, 0.6) is 0 Å². The number of fused-ring (bicyclic) bond motifs is 1. The van der Waals surface area contributed by atoms with E-state index < -0.39 is 29.4 Å². The van der Waals surface area contributed by atoms with E-state index in [1.54, 1.807) is 0 Å². The number of halogens is 3.